The van der Waals surface area contributed by atoms with Crippen LogP contribution >= 0.6 is 23.1 Å². The molecule has 0 saturated carbocycles. The average molecular weight is 303 g/mol. The maximum atomic E-state index is 5.24. The Kier molecular flexibility index (Phi) is 8.45. The van der Waals surface area contributed by atoms with Crippen molar-refractivity contribution in [2.45, 2.75) is 26.5 Å². The summed E-state index contributed by atoms with van der Waals surface area (Å²) in [4.78, 5) is 8.22. The van der Waals surface area contributed by atoms with E-state index in [1.165, 1.54) is 4.88 Å². The number of ether oxygens (including phenoxy) is 1. The second-order valence-corrected chi connectivity index (χ2v) is 6.44. The van der Waals surface area contributed by atoms with Crippen molar-refractivity contribution in [3.8, 4) is 0 Å². The minimum atomic E-state index is 0.593. The third-order valence-electron chi connectivity index (χ3n) is 2.72. The second kappa shape index (κ2) is 9.58. The summed E-state index contributed by atoms with van der Waals surface area (Å²) in [6.45, 7) is 5.73. The molecule has 1 heterocycles. The lowest BCUT2D eigenvalue weighted by molar-refractivity contribution is 0.181. The van der Waals surface area contributed by atoms with Gasteiger partial charge in [0, 0.05) is 37.9 Å². The summed E-state index contributed by atoms with van der Waals surface area (Å²) in [5.41, 5.74) is 1.07. The van der Waals surface area contributed by atoms with E-state index in [0.717, 1.165) is 42.6 Å². The summed E-state index contributed by atoms with van der Waals surface area (Å²) in [7, 11) is 3.83. The smallest absolute Gasteiger partial charge is 0.185 e. The first-order valence-corrected chi connectivity index (χ1v) is 8.82. The van der Waals surface area contributed by atoms with E-state index >= 15 is 0 Å². The minimum Gasteiger partial charge on any atom is -0.378 e. The van der Waals surface area contributed by atoms with Gasteiger partial charge in [-0.05, 0) is 19.2 Å². The number of nitrogens with zero attached hydrogens (tertiary/aromatic N) is 2. The van der Waals surface area contributed by atoms with E-state index in [4.69, 9.17) is 9.72 Å². The van der Waals surface area contributed by atoms with Crippen molar-refractivity contribution in [1.82, 2.24) is 10.3 Å². The summed E-state index contributed by atoms with van der Waals surface area (Å²) in [6, 6.07) is 0. The maximum absolute atomic E-state index is 5.24. The summed E-state index contributed by atoms with van der Waals surface area (Å²) < 4.78 is 5.24. The highest BCUT2D eigenvalue weighted by molar-refractivity contribution is 7.98. The van der Waals surface area contributed by atoms with E-state index in [9.17, 15) is 0 Å². The highest BCUT2D eigenvalue weighted by Gasteiger charge is 2.13. The summed E-state index contributed by atoms with van der Waals surface area (Å²) in [5.74, 6) is 1.12. The fourth-order valence-corrected chi connectivity index (χ4v) is 3.10. The van der Waals surface area contributed by atoms with Crippen LogP contribution in [-0.2, 0) is 17.9 Å². The molecule has 0 bridgehead atoms. The average Bonchev–Trinajstić information content (AvgIpc) is 2.80. The molecule has 19 heavy (non-hydrogen) atoms. The van der Waals surface area contributed by atoms with Gasteiger partial charge < -0.3 is 15.0 Å². The fraction of sp³-hybridized carbons (Fsp3) is 0.769. The molecule has 0 aliphatic carbocycles. The topological polar surface area (TPSA) is 37.4 Å². The number of aromatic nitrogens is 1. The van der Waals surface area contributed by atoms with Crippen molar-refractivity contribution < 1.29 is 4.74 Å². The molecule has 1 rings (SSSR count). The van der Waals surface area contributed by atoms with Crippen molar-refractivity contribution in [2.75, 3.05) is 44.2 Å². The van der Waals surface area contributed by atoms with Gasteiger partial charge >= 0.3 is 0 Å². The molecule has 0 radical (unpaired) electrons. The van der Waals surface area contributed by atoms with Gasteiger partial charge in [0.25, 0.3) is 0 Å². The Morgan fingerprint density at radius 2 is 2.26 bits per heavy atom. The van der Waals surface area contributed by atoms with Gasteiger partial charge in [0.2, 0.25) is 0 Å². The highest BCUT2D eigenvalue weighted by atomic mass is 32.2. The molecular formula is C13H25N3OS2. The van der Waals surface area contributed by atoms with Crippen molar-refractivity contribution in [2.24, 2.45) is 0 Å². The van der Waals surface area contributed by atoms with E-state index in [1.54, 1.807) is 18.4 Å². The first-order chi connectivity index (χ1) is 9.22. The lowest BCUT2D eigenvalue weighted by atomic mass is 10.3. The Hall–Kier alpha value is -0.300. The van der Waals surface area contributed by atoms with Crippen molar-refractivity contribution in [3.05, 3.63) is 10.6 Å². The number of nitrogens with one attached hydrogen (secondary N) is 1. The Labute approximate surface area is 124 Å². The zero-order valence-electron chi connectivity index (χ0n) is 12.4. The molecule has 1 aromatic heterocycles. The van der Waals surface area contributed by atoms with Gasteiger partial charge in [0.05, 0.1) is 12.3 Å². The van der Waals surface area contributed by atoms with Crippen LogP contribution in [0, 0.1) is 0 Å². The van der Waals surface area contributed by atoms with Crippen molar-refractivity contribution in [3.63, 3.8) is 0 Å². The maximum Gasteiger partial charge on any atom is 0.185 e. The number of thioether (sulfide) groups is 1. The van der Waals surface area contributed by atoms with E-state index in [2.05, 4.69) is 30.4 Å². The van der Waals surface area contributed by atoms with Crippen molar-refractivity contribution in [1.29, 1.82) is 0 Å². The van der Waals surface area contributed by atoms with Crippen LogP contribution in [0.4, 0.5) is 5.13 Å². The van der Waals surface area contributed by atoms with E-state index in [0.29, 0.717) is 6.61 Å². The van der Waals surface area contributed by atoms with E-state index in [1.807, 2.05) is 11.8 Å². The van der Waals surface area contributed by atoms with Crippen LogP contribution < -0.4 is 10.2 Å². The van der Waals surface area contributed by atoms with Crippen LogP contribution in [0.25, 0.3) is 0 Å². The second-order valence-electron chi connectivity index (χ2n) is 4.39. The molecule has 0 aliphatic heterocycles. The molecule has 0 aromatic carbocycles. The molecule has 0 spiro atoms. The van der Waals surface area contributed by atoms with Crippen LogP contribution in [0.15, 0.2) is 0 Å². The molecule has 0 saturated heterocycles. The molecule has 1 aromatic rings. The van der Waals surface area contributed by atoms with Crippen LogP contribution in [0.2, 0.25) is 0 Å². The summed E-state index contributed by atoms with van der Waals surface area (Å²) in [6.07, 6.45) is 3.28. The molecule has 110 valence electrons. The minimum absolute atomic E-state index is 0.593. The monoisotopic (exact) mass is 303 g/mol. The van der Waals surface area contributed by atoms with Gasteiger partial charge in [0.15, 0.2) is 5.13 Å². The molecule has 0 fully saturated rings. The van der Waals surface area contributed by atoms with Gasteiger partial charge in [-0.1, -0.05) is 6.92 Å². The number of rotatable bonds is 10. The zero-order valence-corrected chi connectivity index (χ0v) is 14.0. The third-order valence-corrected chi connectivity index (χ3v) is 4.52. The van der Waals surface area contributed by atoms with Gasteiger partial charge in [-0.25, -0.2) is 4.98 Å². The largest absolute Gasteiger partial charge is 0.378 e. The fourth-order valence-electron chi connectivity index (χ4n) is 1.62. The first kappa shape index (κ1) is 16.8. The predicted molar refractivity (Wildman–Crippen MR) is 86.5 cm³/mol. The molecular weight excluding hydrogens is 278 g/mol. The lowest BCUT2D eigenvalue weighted by Crippen LogP contribution is -2.19. The molecule has 0 unspecified atom stereocenters. The first-order valence-electron chi connectivity index (χ1n) is 6.61. The van der Waals surface area contributed by atoms with Crippen LogP contribution in [0.5, 0.6) is 0 Å². The number of methoxy groups -OCH3 is 1. The SMILES string of the molecule is CCCNCc1sc(N(C)CCSC)nc1COC. The Balaban J connectivity index is 2.69. The molecule has 6 heteroatoms. The molecule has 4 nitrogen and oxygen atoms in total. The van der Waals surface area contributed by atoms with Gasteiger partial charge in [-0.2, -0.15) is 11.8 Å². The number of hydrogen-bond donors (Lipinski definition) is 1. The molecule has 1 N–H and O–H groups in total. The zero-order chi connectivity index (χ0) is 14.1. The van der Waals surface area contributed by atoms with Crippen LogP contribution in [-0.4, -0.2) is 44.2 Å². The molecule has 0 aliphatic rings. The standard InChI is InChI=1S/C13H25N3OS2/c1-5-6-14-9-12-11(10-17-3)15-13(19-12)16(2)7-8-18-4/h14H,5-10H2,1-4H3. The quantitative estimate of drug-likeness (QED) is 0.673. The van der Waals surface area contributed by atoms with Gasteiger partial charge in [0.1, 0.15) is 0 Å². The Morgan fingerprint density at radius 3 is 2.89 bits per heavy atom. The van der Waals surface area contributed by atoms with Crippen LogP contribution in [0.3, 0.4) is 0 Å². The van der Waals surface area contributed by atoms with Gasteiger partial charge in [-0.3, -0.25) is 0 Å². The number of anilines is 1. The third kappa shape index (κ3) is 5.69. The Morgan fingerprint density at radius 1 is 1.47 bits per heavy atom. The number of thiazole rings is 1. The Bertz CT molecular complexity index is 358. The molecule has 0 atom stereocenters. The predicted octanol–water partition coefficient (Wildman–Crippen LogP) is 2.59. The normalized spacial score (nSPS) is 10.9. The van der Waals surface area contributed by atoms with E-state index < -0.39 is 0 Å². The summed E-state index contributed by atoms with van der Waals surface area (Å²) >= 11 is 3.63. The molecule has 0 amide bonds. The van der Waals surface area contributed by atoms with Gasteiger partial charge in [-0.15, -0.1) is 11.3 Å². The van der Waals surface area contributed by atoms with E-state index in [-0.39, 0.29) is 0 Å². The van der Waals surface area contributed by atoms with Crippen LogP contribution in [0.1, 0.15) is 23.9 Å². The highest BCUT2D eigenvalue weighted by Crippen LogP contribution is 2.26. The lowest BCUT2D eigenvalue weighted by Gasteiger charge is -2.14. The summed E-state index contributed by atoms with van der Waals surface area (Å²) in [5, 5.41) is 4.53. The van der Waals surface area contributed by atoms with Crippen molar-refractivity contribution >= 4 is 28.2 Å². The number of hydrogen-bond acceptors (Lipinski definition) is 6.